The number of imide groups is 1. The van der Waals surface area contributed by atoms with Crippen molar-refractivity contribution in [1.82, 2.24) is 9.88 Å². The second kappa shape index (κ2) is 8.54. The number of carbonyl (C=O) groups is 3. The predicted molar refractivity (Wildman–Crippen MR) is 111 cm³/mol. The molecular weight excluding hydrogens is 405 g/mol. The Balaban J connectivity index is 1.34. The van der Waals surface area contributed by atoms with E-state index in [9.17, 15) is 18.8 Å². The first-order valence-electron chi connectivity index (χ1n) is 9.40. The average molecular weight is 423 g/mol. The zero-order valence-corrected chi connectivity index (χ0v) is 16.7. The highest BCUT2D eigenvalue weighted by atomic mass is 32.1. The van der Waals surface area contributed by atoms with Crippen LogP contribution in [0.2, 0.25) is 0 Å². The van der Waals surface area contributed by atoms with E-state index in [1.807, 2.05) is 0 Å². The lowest BCUT2D eigenvalue weighted by Crippen LogP contribution is -2.28. The van der Waals surface area contributed by atoms with Gasteiger partial charge in [0.1, 0.15) is 10.8 Å². The summed E-state index contributed by atoms with van der Waals surface area (Å²) in [6.07, 6.45) is 0.638. The second-order valence-electron chi connectivity index (χ2n) is 6.95. The number of hydrogen-bond donors (Lipinski definition) is 1. The van der Waals surface area contributed by atoms with E-state index in [-0.39, 0.29) is 49.3 Å². The number of aromatic nitrogens is 1. The summed E-state index contributed by atoms with van der Waals surface area (Å²) in [4.78, 5) is 41.4. The first-order chi connectivity index (χ1) is 14.5. The minimum Gasteiger partial charge on any atom is -0.326 e. The molecule has 1 aliphatic heterocycles. The van der Waals surface area contributed by atoms with Crippen molar-refractivity contribution in [2.75, 3.05) is 5.32 Å². The normalized spacial score (nSPS) is 13.7. The number of anilines is 1. The zero-order chi connectivity index (χ0) is 21.1. The first kappa shape index (κ1) is 19.9. The molecule has 152 valence electrons. The highest BCUT2D eigenvalue weighted by molar-refractivity contribution is 7.13. The van der Waals surface area contributed by atoms with E-state index in [1.54, 1.807) is 41.8 Å². The van der Waals surface area contributed by atoms with E-state index >= 15 is 0 Å². The molecule has 1 N–H and O–H groups in total. The van der Waals surface area contributed by atoms with Gasteiger partial charge in [-0.1, -0.05) is 24.3 Å². The van der Waals surface area contributed by atoms with E-state index in [4.69, 9.17) is 0 Å². The van der Waals surface area contributed by atoms with Crippen LogP contribution in [0.5, 0.6) is 0 Å². The Kier molecular flexibility index (Phi) is 5.67. The van der Waals surface area contributed by atoms with Crippen molar-refractivity contribution in [3.63, 3.8) is 0 Å². The number of nitrogens with one attached hydrogen (secondary N) is 1. The van der Waals surface area contributed by atoms with Crippen LogP contribution < -0.4 is 5.32 Å². The maximum Gasteiger partial charge on any atom is 0.230 e. The fraction of sp³-hybridized carbons (Fsp3) is 0.182. The van der Waals surface area contributed by atoms with Gasteiger partial charge in [0, 0.05) is 29.5 Å². The van der Waals surface area contributed by atoms with Crippen LogP contribution in [0.4, 0.5) is 10.1 Å². The van der Waals surface area contributed by atoms with Gasteiger partial charge in [0.15, 0.2) is 0 Å². The Bertz CT molecular complexity index is 1090. The van der Waals surface area contributed by atoms with Crippen LogP contribution in [0.25, 0.3) is 10.6 Å². The fourth-order valence-corrected chi connectivity index (χ4v) is 4.00. The van der Waals surface area contributed by atoms with E-state index in [2.05, 4.69) is 10.3 Å². The highest BCUT2D eigenvalue weighted by Crippen LogP contribution is 2.24. The van der Waals surface area contributed by atoms with Gasteiger partial charge in [-0.05, 0) is 29.8 Å². The van der Waals surface area contributed by atoms with Crippen molar-refractivity contribution in [3.8, 4) is 10.6 Å². The van der Waals surface area contributed by atoms with Crippen LogP contribution in [0.3, 0.4) is 0 Å². The monoisotopic (exact) mass is 423 g/mol. The lowest BCUT2D eigenvalue weighted by molar-refractivity contribution is -0.139. The van der Waals surface area contributed by atoms with Gasteiger partial charge in [-0.2, -0.15) is 0 Å². The van der Waals surface area contributed by atoms with E-state index in [0.29, 0.717) is 22.0 Å². The van der Waals surface area contributed by atoms with Gasteiger partial charge in [0.2, 0.25) is 17.7 Å². The van der Waals surface area contributed by atoms with Crippen molar-refractivity contribution in [3.05, 3.63) is 71.0 Å². The summed E-state index contributed by atoms with van der Waals surface area (Å²) >= 11 is 1.36. The van der Waals surface area contributed by atoms with Gasteiger partial charge < -0.3 is 5.32 Å². The number of thiazole rings is 1. The molecular formula is C22H18FN3O3S. The van der Waals surface area contributed by atoms with E-state index in [1.165, 1.54) is 28.4 Å². The molecule has 6 nitrogen and oxygen atoms in total. The SMILES string of the molecule is O=C(Cc1csc(-c2cccc(F)c2)n1)Nc1ccc(CN2C(=O)CCC2=O)cc1. The van der Waals surface area contributed by atoms with Gasteiger partial charge in [-0.3, -0.25) is 19.3 Å². The van der Waals surface area contributed by atoms with Crippen molar-refractivity contribution in [1.29, 1.82) is 0 Å². The molecule has 0 radical (unpaired) electrons. The molecule has 1 aliphatic rings. The molecule has 2 heterocycles. The molecule has 0 unspecified atom stereocenters. The summed E-state index contributed by atoms with van der Waals surface area (Å²) in [5.41, 5.74) is 2.72. The van der Waals surface area contributed by atoms with Crippen LogP contribution >= 0.6 is 11.3 Å². The number of halogens is 1. The van der Waals surface area contributed by atoms with Crippen LogP contribution in [0, 0.1) is 5.82 Å². The van der Waals surface area contributed by atoms with Crippen molar-refractivity contribution >= 4 is 34.7 Å². The second-order valence-corrected chi connectivity index (χ2v) is 7.81. The van der Waals surface area contributed by atoms with Gasteiger partial charge >= 0.3 is 0 Å². The Morgan fingerprint density at radius 1 is 1.10 bits per heavy atom. The summed E-state index contributed by atoms with van der Waals surface area (Å²) in [6, 6.07) is 13.2. The largest absolute Gasteiger partial charge is 0.326 e. The molecule has 0 bridgehead atoms. The number of benzene rings is 2. The molecule has 3 aromatic rings. The third kappa shape index (κ3) is 4.60. The van der Waals surface area contributed by atoms with Crippen molar-refractivity contribution in [2.45, 2.75) is 25.8 Å². The van der Waals surface area contributed by atoms with Gasteiger partial charge in [0.25, 0.3) is 0 Å². The molecule has 0 saturated carbocycles. The maximum absolute atomic E-state index is 13.4. The molecule has 8 heteroatoms. The van der Waals surface area contributed by atoms with Gasteiger partial charge in [0.05, 0.1) is 18.7 Å². The number of carbonyl (C=O) groups excluding carboxylic acids is 3. The van der Waals surface area contributed by atoms with E-state index < -0.39 is 0 Å². The topological polar surface area (TPSA) is 79.4 Å². The van der Waals surface area contributed by atoms with Crippen molar-refractivity contribution in [2.24, 2.45) is 0 Å². The standard InChI is InChI=1S/C22H18FN3O3S/c23-16-3-1-2-15(10-16)22-25-18(13-30-22)11-19(27)24-17-6-4-14(5-7-17)12-26-20(28)8-9-21(26)29/h1-7,10,13H,8-9,11-12H2,(H,24,27). The number of rotatable bonds is 6. The third-order valence-corrected chi connectivity index (χ3v) is 5.64. The minimum absolute atomic E-state index is 0.102. The van der Waals surface area contributed by atoms with Crippen LogP contribution in [-0.4, -0.2) is 27.6 Å². The highest BCUT2D eigenvalue weighted by Gasteiger charge is 2.28. The summed E-state index contributed by atoms with van der Waals surface area (Å²) in [6.45, 7) is 0.244. The Hall–Kier alpha value is -3.39. The average Bonchev–Trinajstić information content (AvgIpc) is 3.31. The molecule has 0 atom stereocenters. The number of hydrogen-bond acceptors (Lipinski definition) is 5. The summed E-state index contributed by atoms with van der Waals surface area (Å²) in [7, 11) is 0. The van der Waals surface area contributed by atoms with Crippen LogP contribution in [0.1, 0.15) is 24.1 Å². The molecule has 2 aromatic carbocycles. The summed E-state index contributed by atoms with van der Waals surface area (Å²) < 4.78 is 13.4. The first-order valence-corrected chi connectivity index (χ1v) is 10.3. The molecule has 0 aliphatic carbocycles. The van der Waals surface area contributed by atoms with E-state index in [0.717, 1.165) is 5.56 Å². The maximum atomic E-state index is 13.4. The van der Waals surface area contributed by atoms with Gasteiger partial charge in [-0.25, -0.2) is 9.37 Å². The molecule has 3 amide bonds. The minimum atomic E-state index is -0.330. The molecule has 1 saturated heterocycles. The quantitative estimate of drug-likeness (QED) is 0.612. The van der Waals surface area contributed by atoms with Crippen LogP contribution in [-0.2, 0) is 27.3 Å². The van der Waals surface area contributed by atoms with Crippen molar-refractivity contribution < 1.29 is 18.8 Å². The van der Waals surface area contributed by atoms with Gasteiger partial charge in [-0.15, -0.1) is 11.3 Å². The Morgan fingerprint density at radius 2 is 1.83 bits per heavy atom. The molecule has 4 rings (SSSR count). The Labute approximate surface area is 176 Å². The molecule has 0 spiro atoms. The van der Waals surface area contributed by atoms with Crippen LogP contribution in [0.15, 0.2) is 53.9 Å². The molecule has 1 fully saturated rings. The molecule has 30 heavy (non-hydrogen) atoms. The summed E-state index contributed by atoms with van der Waals surface area (Å²) in [5.74, 6) is -0.857. The number of likely N-dealkylation sites (tertiary alicyclic amines) is 1. The fourth-order valence-electron chi connectivity index (χ4n) is 3.19. The summed E-state index contributed by atoms with van der Waals surface area (Å²) in [5, 5.41) is 5.25. The number of amides is 3. The number of nitrogens with zero attached hydrogens (tertiary/aromatic N) is 2. The lowest BCUT2D eigenvalue weighted by atomic mass is 10.2. The molecule has 1 aromatic heterocycles. The third-order valence-electron chi connectivity index (χ3n) is 4.70. The predicted octanol–water partition coefficient (Wildman–Crippen LogP) is 3.78. The zero-order valence-electron chi connectivity index (χ0n) is 15.9. The Morgan fingerprint density at radius 3 is 2.53 bits per heavy atom. The lowest BCUT2D eigenvalue weighted by Gasteiger charge is -2.14. The smallest absolute Gasteiger partial charge is 0.230 e.